The largest absolute Gasteiger partial charge is 0.275 e. The van der Waals surface area contributed by atoms with E-state index in [9.17, 15) is 0 Å². The minimum atomic E-state index is -0.603. The summed E-state index contributed by atoms with van der Waals surface area (Å²) in [5, 5.41) is 18.4. The van der Waals surface area contributed by atoms with E-state index in [0.717, 1.165) is 19.4 Å². The summed E-state index contributed by atoms with van der Waals surface area (Å²) in [4.78, 5) is 0. The molecule has 1 aliphatic rings. The minimum absolute atomic E-state index is 0.603. The second-order valence-corrected chi connectivity index (χ2v) is 3.32. The number of nitrogens with zero attached hydrogens (tertiary/aromatic N) is 4. The van der Waals surface area contributed by atoms with Gasteiger partial charge in [0.05, 0.1) is 12.6 Å². The van der Waals surface area contributed by atoms with Gasteiger partial charge in [-0.05, 0) is 13.3 Å². The third-order valence-corrected chi connectivity index (χ3v) is 1.89. The maximum atomic E-state index is 8.74. The van der Waals surface area contributed by atoms with Gasteiger partial charge in [0.2, 0.25) is 0 Å². The highest BCUT2D eigenvalue weighted by Gasteiger charge is 2.31. The van der Waals surface area contributed by atoms with Crippen molar-refractivity contribution in [2.75, 3.05) is 13.1 Å². The fourth-order valence-electron chi connectivity index (χ4n) is 1.10. The molecule has 1 atom stereocenters. The maximum Gasteiger partial charge on any atom is 0.185 e. The molecule has 0 N–H and O–H groups in total. The van der Waals surface area contributed by atoms with Gasteiger partial charge in [-0.15, -0.1) is 5.11 Å². The van der Waals surface area contributed by atoms with Crippen molar-refractivity contribution in [3.8, 4) is 6.07 Å². The van der Waals surface area contributed by atoms with E-state index < -0.39 is 5.54 Å². The molecule has 66 valence electrons. The Kier molecular flexibility index (Phi) is 2.64. The molecular weight excluding hydrogens is 152 g/mol. The molecule has 12 heavy (non-hydrogen) atoms. The Morgan fingerprint density at radius 2 is 2.42 bits per heavy atom. The van der Waals surface area contributed by atoms with Crippen LogP contribution in [0.3, 0.4) is 0 Å². The van der Waals surface area contributed by atoms with Crippen molar-refractivity contribution in [2.24, 2.45) is 10.3 Å². The van der Waals surface area contributed by atoms with Crippen molar-refractivity contribution in [3.05, 3.63) is 0 Å². The molecule has 0 aromatic carbocycles. The van der Waals surface area contributed by atoms with Gasteiger partial charge in [0.1, 0.15) is 0 Å². The number of hydrogen-bond donors (Lipinski definition) is 0. The average Bonchev–Trinajstić information content (AvgIpc) is 2.45. The topological polar surface area (TPSA) is 51.8 Å². The smallest absolute Gasteiger partial charge is 0.185 e. The summed E-state index contributed by atoms with van der Waals surface area (Å²) in [6.07, 6.45) is 2.26. The van der Waals surface area contributed by atoms with Gasteiger partial charge < -0.3 is 0 Å². The van der Waals surface area contributed by atoms with Crippen LogP contribution in [0.2, 0.25) is 0 Å². The predicted molar refractivity (Wildman–Crippen MR) is 45.4 cm³/mol. The third kappa shape index (κ3) is 1.94. The summed E-state index contributed by atoms with van der Waals surface area (Å²) >= 11 is 0. The SMILES string of the molecule is CCCCN1CC(C)(C#N)N=N1. The fraction of sp³-hybridized carbons (Fsp3) is 0.875. The lowest BCUT2D eigenvalue weighted by Gasteiger charge is -2.14. The quantitative estimate of drug-likeness (QED) is 0.641. The van der Waals surface area contributed by atoms with Crippen LogP contribution in [0.4, 0.5) is 0 Å². The Bertz CT molecular complexity index is 218. The van der Waals surface area contributed by atoms with E-state index in [4.69, 9.17) is 5.26 Å². The van der Waals surface area contributed by atoms with Crippen LogP contribution in [0.5, 0.6) is 0 Å². The minimum Gasteiger partial charge on any atom is -0.275 e. The van der Waals surface area contributed by atoms with Crippen molar-refractivity contribution in [1.82, 2.24) is 5.01 Å². The van der Waals surface area contributed by atoms with Crippen molar-refractivity contribution >= 4 is 0 Å². The summed E-state index contributed by atoms with van der Waals surface area (Å²) in [6, 6.07) is 2.14. The van der Waals surface area contributed by atoms with Crippen molar-refractivity contribution in [1.29, 1.82) is 5.26 Å². The van der Waals surface area contributed by atoms with Crippen LogP contribution in [-0.4, -0.2) is 23.6 Å². The van der Waals surface area contributed by atoms with Crippen molar-refractivity contribution < 1.29 is 0 Å². The number of rotatable bonds is 3. The molecule has 0 aliphatic carbocycles. The summed E-state index contributed by atoms with van der Waals surface area (Å²) in [5.74, 6) is 0. The molecule has 0 bridgehead atoms. The van der Waals surface area contributed by atoms with Crippen LogP contribution in [0.25, 0.3) is 0 Å². The van der Waals surface area contributed by atoms with Gasteiger partial charge in [0, 0.05) is 6.54 Å². The molecule has 0 aromatic rings. The van der Waals surface area contributed by atoms with Crippen LogP contribution < -0.4 is 0 Å². The zero-order chi connectivity index (χ0) is 9.03. The van der Waals surface area contributed by atoms with Gasteiger partial charge >= 0.3 is 0 Å². The van der Waals surface area contributed by atoms with Gasteiger partial charge in [-0.25, -0.2) is 0 Å². The highest BCUT2D eigenvalue weighted by Crippen LogP contribution is 2.19. The van der Waals surface area contributed by atoms with Crippen LogP contribution in [0, 0.1) is 11.3 Å². The number of nitriles is 1. The third-order valence-electron chi connectivity index (χ3n) is 1.89. The van der Waals surface area contributed by atoms with Crippen LogP contribution in [-0.2, 0) is 0 Å². The van der Waals surface area contributed by atoms with E-state index >= 15 is 0 Å². The summed E-state index contributed by atoms with van der Waals surface area (Å²) in [5.41, 5.74) is -0.603. The first-order valence-corrected chi connectivity index (χ1v) is 4.29. The molecule has 0 saturated carbocycles. The van der Waals surface area contributed by atoms with Gasteiger partial charge in [-0.2, -0.15) is 5.26 Å². The first-order chi connectivity index (χ1) is 5.70. The number of hydrogen-bond acceptors (Lipinski definition) is 4. The molecule has 0 saturated heterocycles. The molecule has 1 unspecified atom stereocenters. The van der Waals surface area contributed by atoms with Crippen LogP contribution >= 0.6 is 0 Å². The molecule has 1 heterocycles. The van der Waals surface area contributed by atoms with E-state index in [1.165, 1.54) is 0 Å². The fourth-order valence-corrected chi connectivity index (χ4v) is 1.10. The molecule has 4 heteroatoms. The van der Waals surface area contributed by atoms with E-state index in [0.29, 0.717) is 6.54 Å². The molecule has 0 fully saturated rings. The lowest BCUT2D eigenvalue weighted by atomic mass is 10.1. The Labute approximate surface area is 72.9 Å². The molecule has 0 radical (unpaired) electrons. The number of unbranched alkanes of at least 4 members (excludes halogenated alkanes) is 1. The Hall–Kier alpha value is -1.11. The second kappa shape index (κ2) is 3.53. The Morgan fingerprint density at radius 1 is 1.67 bits per heavy atom. The van der Waals surface area contributed by atoms with Crippen molar-refractivity contribution in [3.63, 3.8) is 0 Å². The highest BCUT2D eigenvalue weighted by atomic mass is 15.6. The second-order valence-electron chi connectivity index (χ2n) is 3.32. The molecule has 0 amide bonds. The molecule has 4 nitrogen and oxygen atoms in total. The molecule has 1 rings (SSSR count). The average molecular weight is 166 g/mol. The maximum absolute atomic E-state index is 8.74. The zero-order valence-corrected chi connectivity index (χ0v) is 7.62. The molecule has 0 spiro atoms. The van der Waals surface area contributed by atoms with E-state index in [-0.39, 0.29) is 0 Å². The van der Waals surface area contributed by atoms with E-state index in [2.05, 4.69) is 23.3 Å². The zero-order valence-electron chi connectivity index (χ0n) is 7.62. The first-order valence-electron chi connectivity index (χ1n) is 4.29. The predicted octanol–water partition coefficient (Wildman–Crippen LogP) is 1.75. The molecule has 0 aromatic heterocycles. The van der Waals surface area contributed by atoms with E-state index in [1.54, 1.807) is 0 Å². The molecular formula is C8H14N4. The van der Waals surface area contributed by atoms with Crippen LogP contribution in [0.1, 0.15) is 26.7 Å². The lowest BCUT2D eigenvalue weighted by molar-refractivity contribution is 0.295. The van der Waals surface area contributed by atoms with Crippen molar-refractivity contribution in [2.45, 2.75) is 32.2 Å². The van der Waals surface area contributed by atoms with Gasteiger partial charge in [0.15, 0.2) is 5.54 Å². The van der Waals surface area contributed by atoms with Crippen LogP contribution in [0.15, 0.2) is 10.3 Å². The van der Waals surface area contributed by atoms with Gasteiger partial charge in [0.25, 0.3) is 0 Å². The van der Waals surface area contributed by atoms with E-state index in [1.807, 2.05) is 11.9 Å². The Balaban J connectivity index is 2.38. The highest BCUT2D eigenvalue weighted by molar-refractivity contribution is 5.06. The normalized spacial score (nSPS) is 27.6. The molecule has 1 aliphatic heterocycles. The Morgan fingerprint density at radius 3 is 2.92 bits per heavy atom. The first kappa shape index (κ1) is 8.98. The summed E-state index contributed by atoms with van der Waals surface area (Å²) < 4.78 is 0. The monoisotopic (exact) mass is 166 g/mol. The van der Waals surface area contributed by atoms with Gasteiger partial charge in [-0.1, -0.05) is 18.6 Å². The standard InChI is InChI=1S/C8H14N4/c1-3-4-5-12-7-8(2,6-9)10-11-12/h3-5,7H2,1-2H3. The van der Waals surface area contributed by atoms with Gasteiger partial charge in [-0.3, -0.25) is 5.01 Å². The summed E-state index contributed by atoms with van der Waals surface area (Å²) in [7, 11) is 0. The lowest BCUT2D eigenvalue weighted by Crippen LogP contribution is -2.29. The summed E-state index contributed by atoms with van der Waals surface area (Å²) in [6.45, 7) is 5.50.